The Morgan fingerprint density at radius 3 is 2.44 bits per heavy atom. The quantitative estimate of drug-likeness (QED) is 0.653. The highest BCUT2D eigenvalue weighted by molar-refractivity contribution is 6.32. The van der Waals surface area contributed by atoms with Gasteiger partial charge in [0.1, 0.15) is 11.5 Å². The van der Waals surface area contributed by atoms with E-state index in [1.807, 2.05) is 0 Å². The molecular formula is C12H14ClNO4. The summed E-state index contributed by atoms with van der Waals surface area (Å²) in [6.07, 6.45) is 1.06. The van der Waals surface area contributed by atoms with Crippen LogP contribution in [-0.2, 0) is 4.79 Å². The van der Waals surface area contributed by atoms with Crippen molar-refractivity contribution in [2.75, 3.05) is 19.5 Å². The van der Waals surface area contributed by atoms with E-state index >= 15 is 0 Å². The molecule has 0 fully saturated rings. The molecule has 98 valence electrons. The van der Waals surface area contributed by atoms with Crippen molar-refractivity contribution in [3.63, 3.8) is 0 Å². The molecule has 0 aliphatic carbocycles. The zero-order chi connectivity index (χ0) is 13.7. The van der Waals surface area contributed by atoms with Crippen molar-refractivity contribution in [2.45, 2.75) is 6.92 Å². The van der Waals surface area contributed by atoms with E-state index in [-0.39, 0.29) is 5.76 Å². The molecule has 6 heteroatoms. The Morgan fingerprint density at radius 2 is 1.94 bits per heavy atom. The first-order valence-corrected chi connectivity index (χ1v) is 5.45. The number of halogens is 1. The van der Waals surface area contributed by atoms with Crippen molar-refractivity contribution >= 4 is 23.2 Å². The molecule has 0 atom stereocenters. The van der Waals surface area contributed by atoms with Crippen molar-refractivity contribution in [3.8, 4) is 11.5 Å². The molecule has 0 heterocycles. The highest BCUT2D eigenvalue weighted by atomic mass is 35.5. The summed E-state index contributed by atoms with van der Waals surface area (Å²) in [6.45, 7) is 1.40. The van der Waals surface area contributed by atoms with Crippen LogP contribution in [-0.4, -0.2) is 25.2 Å². The number of aliphatic hydroxyl groups is 1. The Balaban J connectivity index is 3.07. The van der Waals surface area contributed by atoms with Gasteiger partial charge in [-0.2, -0.15) is 0 Å². The highest BCUT2D eigenvalue weighted by Crippen LogP contribution is 2.35. The zero-order valence-corrected chi connectivity index (χ0v) is 11.0. The van der Waals surface area contributed by atoms with Gasteiger partial charge in [-0.05, 0) is 6.92 Å². The minimum Gasteiger partial charge on any atom is -0.512 e. The second kappa shape index (κ2) is 6.16. The van der Waals surface area contributed by atoms with E-state index in [1.54, 1.807) is 6.07 Å². The van der Waals surface area contributed by atoms with Gasteiger partial charge in [0.05, 0.1) is 30.7 Å². The van der Waals surface area contributed by atoms with Crippen molar-refractivity contribution in [2.24, 2.45) is 0 Å². The van der Waals surface area contributed by atoms with Gasteiger partial charge >= 0.3 is 0 Å². The van der Waals surface area contributed by atoms with Crippen LogP contribution in [0, 0.1) is 0 Å². The van der Waals surface area contributed by atoms with Gasteiger partial charge in [-0.1, -0.05) is 11.6 Å². The average Bonchev–Trinajstić information content (AvgIpc) is 2.29. The standard InChI is InChI=1S/C12H14ClNO4/c1-7(15)4-12(16)14-9-6-10(17-2)8(13)5-11(9)18-3/h4-6,15H,1-3H3,(H,14,16)/b7-4-. The third-order valence-electron chi connectivity index (χ3n) is 2.07. The molecule has 0 radical (unpaired) electrons. The molecule has 1 aromatic rings. The number of allylic oxidation sites excluding steroid dienone is 1. The monoisotopic (exact) mass is 271 g/mol. The maximum Gasteiger partial charge on any atom is 0.251 e. The summed E-state index contributed by atoms with van der Waals surface area (Å²) in [5.41, 5.74) is 0.404. The minimum atomic E-state index is -0.474. The minimum absolute atomic E-state index is 0.0904. The molecule has 0 aromatic heterocycles. The van der Waals surface area contributed by atoms with Crippen LogP contribution in [0.4, 0.5) is 5.69 Å². The lowest BCUT2D eigenvalue weighted by Gasteiger charge is -2.12. The predicted octanol–water partition coefficient (Wildman–Crippen LogP) is 2.76. The lowest BCUT2D eigenvalue weighted by molar-refractivity contribution is -0.112. The van der Waals surface area contributed by atoms with E-state index in [0.717, 1.165) is 6.08 Å². The molecule has 5 nitrogen and oxygen atoms in total. The van der Waals surface area contributed by atoms with Crippen LogP contribution >= 0.6 is 11.6 Å². The van der Waals surface area contributed by atoms with Crippen LogP contribution in [0.25, 0.3) is 0 Å². The van der Waals surface area contributed by atoms with Gasteiger partial charge in [0.15, 0.2) is 0 Å². The summed E-state index contributed by atoms with van der Waals surface area (Å²) >= 11 is 5.93. The van der Waals surface area contributed by atoms with Crippen LogP contribution in [0.1, 0.15) is 6.92 Å². The molecular weight excluding hydrogens is 258 g/mol. The molecule has 0 bridgehead atoms. The maximum atomic E-state index is 11.5. The number of hydrogen-bond acceptors (Lipinski definition) is 4. The van der Waals surface area contributed by atoms with Gasteiger partial charge in [-0.3, -0.25) is 4.79 Å². The number of carbonyl (C=O) groups excluding carboxylic acids is 1. The molecule has 0 saturated heterocycles. The number of aliphatic hydroxyl groups excluding tert-OH is 1. The number of anilines is 1. The fourth-order valence-corrected chi connectivity index (χ4v) is 1.55. The first kappa shape index (κ1) is 14.2. The van der Waals surface area contributed by atoms with Crippen molar-refractivity contribution in [1.82, 2.24) is 0 Å². The fourth-order valence-electron chi connectivity index (χ4n) is 1.32. The lowest BCUT2D eigenvalue weighted by Crippen LogP contribution is -2.10. The predicted molar refractivity (Wildman–Crippen MR) is 69.6 cm³/mol. The summed E-state index contributed by atoms with van der Waals surface area (Å²) in [5.74, 6) is 0.251. The topological polar surface area (TPSA) is 67.8 Å². The number of amides is 1. The van der Waals surface area contributed by atoms with Crippen LogP contribution in [0.5, 0.6) is 11.5 Å². The van der Waals surface area contributed by atoms with Gasteiger partial charge in [-0.25, -0.2) is 0 Å². The normalized spacial score (nSPS) is 11.0. The molecule has 0 aliphatic heterocycles. The fraction of sp³-hybridized carbons (Fsp3) is 0.250. The molecule has 1 aromatic carbocycles. The number of ether oxygens (including phenoxy) is 2. The summed E-state index contributed by atoms with van der Waals surface area (Å²) in [6, 6.07) is 3.07. The summed E-state index contributed by atoms with van der Waals surface area (Å²) in [5, 5.41) is 11.9. The number of carbonyl (C=O) groups is 1. The third kappa shape index (κ3) is 3.56. The molecule has 0 spiro atoms. The van der Waals surface area contributed by atoms with Gasteiger partial charge in [0.25, 0.3) is 5.91 Å². The largest absolute Gasteiger partial charge is 0.512 e. The Hall–Kier alpha value is -1.88. The van der Waals surface area contributed by atoms with Crippen molar-refractivity contribution in [1.29, 1.82) is 0 Å². The zero-order valence-electron chi connectivity index (χ0n) is 10.3. The van der Waals surface area contributed by atoms with Crippen LogP contribution in [0.2, 0.25) is 5.02 Å². The second-order valence-electron chi connectivity index (χ2n) is 3.46. The second-order valence-corrected chi connectivity index (χ2v) is 3.87. The smallest absolute Gasteiger partial charge is 0.251 e. The van der Waals surface area contributed by atoms with Crippen LogP contribution < -0.4 is 14.8 Å². The maximum absolute atomic E-state index is 11.5. The van der Waals surface area contributed by atoms with E-state index < -0.39 is 5.91 Å². The molecule has 1 rings (SSSR count). The molecule has 1 amide bonds. The number of methoxy groups -OCH3 is 2. The SMILES string of the molecule is COc1cc(NC(=O)/C=C(/C)O)c(OC)cc1Cl. The molecule has 0 unspecified atom stereocenters. The molecule has 2 N–H and O–H groups in total. The van der Waals surface area contributed by atoms with Crippen molar-refractivity contribution in [3.05, 3.63) is 29.0 Å². The number of hydrogen-bond donors (Lipinski definition) is 2. The van der Waals surface area contributed by atoms with E-state index in [0.29, 0.717) is 22.2 Å². The first-order chi connectivity index (χ1) is 8.47. The van der Waals surface area contributed by atoms with Crippen LogP contribution in [0.15, 0.2) is 24.0 Å². The first-order valence-electron chi connectivity index (χ1n) is 5.07. The van der Waals surface area contributed by atoms with E-state index in [4.69, 9.17) is 26.2 Å². The summed E-state index contributed by atoms with van der Waals surface area (Å²) in [4.78, 5) is 11.5. The summed E-state index contributed by atoms with van der Waals surface area (Å²) < 4.78 is 10.1. The Labute approximate surface area is 110 Å². The van der Waals surface area contributed by atoms with Gasteiger partial charge in [0, 0.05) is 18.2 Å². The third-order valence-corrected chi connectivity index (χ3v) is 2.37. The van der Waals surface area contributed by atoms with Gasteiger partial charge in [-0.15, -0.1) is 0 Å². The highest BCUT2D eigenvalue weighted by Gasteiger charge is 2.11. The Morgan fingerprint density at radius 1 is 1.33 bits per heavy atom. The van der Waals surface area contributed by atoms with Gasteiger partial charge in [0.2, 0.25) is 0 Å². The number of rotatable bonds is 4. The van der Waals surface area contributed by atoms with E-state index in [2.05, 4.69) is 5.32 Å². The molecule has 0 aliphatic rings. The summed E-state index contributed by atoms with van der Waals surface area (Å²) in [7, 11) is 2.93. The Bertz CT molecular complexity index is 481. The molecule has 18 heavy (non-hydrogen) atoms. The average molecular weight is 272 g/mol. The Kier molecular flexibility index (Phi) is 4.85. The lowest BCUT2D eigenvalue weighted by atomic mass is 10.2. The van der Waals surface area contributed by atoms with E-state index in [1.165, 1.54) is 27.2 Å². The van der Waals surface area contributed by atoms with Gasteiger partial charge < -0.3 is 19.9 Å². The molecule has 0 saturated carbocycles. The van der Waals surface area contributed by atoms with Crippen LogP contribution in [0.3, 0.4) is 0 Å². The number of nitrogens with one attached hydrogen (secondary N) is 1. The van der Waals surface area contributed by atoms with Crippen molar-refractivity contribution < 1.29 is 19.4 Å². The number of benzene rings is 1. The van der Waals surface area contributed by atoms with E-state index in [9.17, 15) is 4.79 Å².